The van der Waals surface area contributed by atoms with Crippen LogP contribution < -0.4 is 0 Å². The van der Waals surface area contributed by atoms with Crippen LogP contribution in [0.1, 0.15) is 30.5 Å². The Morgan fingerprint density at radius 1 is 1.45 bits per heavy atom. The summed E-state index contributed by atoms with van der Waals surface area (Å²) in [6.07, 6.45) is -5.26. The van der Waals surface area contributed by atoms with E-state index < -0.39 is 24.6 Å². The lowest BCUT2D eigenvalue weighted by atomic mass is 9.90. The number of aliphatic hydroxyl groups is 1. The number of rotatable bonds is 3. The molecular formula is C13H16ClF3N2O3. The predicted molar refractivity (Wildman–Crippen MR) is 71.4 cm³/mol. The van der Waals surface area contributed by atoms with E-state index in [9.17, 15) is 23.1 Å². The Balaban J connectivity index is 1.88. The van der Waals surface area contributed by atoms with Gasteiger partial charge in [-0.3, -0.25) is 4.79 Å². The number of alkyl halides is 3. The zero-order chi connectivity index (χ0) is 16.5. The van der Waals surface area contributed by atoms with Crippen LogP contribution in [0.25, 0.3) is 0 Å². The number of hydrogen-bond donors (Lipinski definition) is 1. The van der Waals surface area contributed by atoms with Crippen molar-refractivity contribution in [2.45, 2.75) is 44.4 Å². The van der Waals surface area contributed by atoms with Crippen LogP contribution in [0.4, 0.5) is 13.2 Å². The van der Waals surface area contributed by atoms with Gasteiger partial charge in [-0.2, -0.15) is 13.2 Å². The van der Waals surface area contributed by atoms with Gasteiger partial charge in [0.25, 0.3) is 0 Å². The van der Waals surface area contributed by atoms with E-state index in [0.717, 1.165) is 0 Å². The van der Waals surface area contributed by atoms with Gasteiger partial charge in [0, 0.05) is 37.9 Å². The summed E-state index contributed by atoms with van der Waals surface area (Å²) in [7, 11) is 0. The fraction of sp³-hybridized carbons (Fsp3) is 0.692. The van der Waals surface area contributed by atoms with Crippen LogP contribution in [-0.4, -0.2) is 45.9 Å². The minimum absolute atomic E-state index is 0.103. The summed E-state index contributed by atoms with van der Waals surface area (Å²) in [6.45, 7) is 1.45. The number of aryl methyl sites for hydroxylation is 1. The van der Waals surface area contributed by atoms with Gasteiger partial charge in [0.15, 0.2) is 5.60 Å². The Hall–Kier alpha value is -1.28. The van der Waals surface area contributed by atoms with Gasteiger partial charge in [-0.25, -0.2) is 0 Å². The normalized spacial score (nSPS) is 18.5. The van der Waals surface area contributed by atoms with Crippen LogP contribution in [-0.2, 0) is 11.2 Å². The molecule has 22 heavy (non-hydrogen) atoms. The highest BCUT2D eigenvalue weighted by molar-refractivity contribution is 6.29. The lowest BCUT2D eigenvalue weighted by molar-refractivity contribution is -0.272. The van der Waals surface area contributed by atoms with E-state index in [4.69, 9.17) is 16.1 Å². The summed E-state index contributed by atoms with van der Waals surface area (Å²) in [5, 5.41) is 13.3. The minimum atomic E-state index is -4.67. The first-order chi connectivity index (χ1) is 10.1. The van der Waals surface area contributed by atoms with Crippen LogP contribution in [0.3, 0.4) is 0 Å². The first kappa shape index (κ1) is 17.1. The standard InChI is InChI=1S/C13H16ClF3N2O3/c1-8-9(11(14)22-18-8)2-3-10(20)19-6-4-12(21,5-7-19)13(15,16)17/h21H,2-7H2,1H3. The number of carbonyl (C=O) groups is 1. The molecule has 5 nitrogen and oxygen atoms in total. The Morgan fingerprint density at radius 3 is 2.50 bits per heavy atom. The number of carbonyl (C=O) groups excluding carboxylic acids is 1. The third-order valence-electron chi connectivity index (χ3n) is 4.00. The fourth-order valence-electron chi connectivity index (χ4n) is 2.44. The second kappa shape index (κ2) is 6.08. The molecule has 2 rings (SSSR count). The summed E-state index contributed by atoms with van der Waals surface area (Å²) in [5.41, 5.74) is -1.49. The van der Waals surface area contributed by atoms with Crippen molar-refractivity contribution in [3.8, 4) is 0 Å². The molecule has 1 N–H and O–H groups in total. The maximum Gasteiger partial charge on any atom is 0.417 e. The van der Waals surface area contributed by atoms with E-state index in [2.05, 4.69) is 5.16 Å². The predicted octanol–water partition coefficient (Wildman–Crippen LogP) is 2.48. The molecule has 2 heterocycles. The van der Waals surface area contributed by atoms with Gasteiger partial charge in [-0.1, -0.05) is 5.16 Å². The highest BCUT2D eigenvalue weighted by Crippen LogP contribution is 2.38. The van der Waals surface area contributed by atoms with Gasteiger partial charge in [-0.15, -0.1) is 0 Å². The van der Waals surface area contributed by atoms with Crippen LogP contribution in [0.2, 0.25) is 5.22 Å². The molecule has 0 unspecified atom stereocenters. The summed E-state index contributed by atoms with van der Waals surface area (Å²) in [6, 6.07) is 0. The Bertz CT molecular complexity index is 532. The van der Waals surface area contributed by atoms with Crippen LogP contribution in [0, 0.1) is 6.92 Å². The number of likely N-dealkylation sites (tertiary alicyclic amines) is 1. The van der Waals surface area contributed by atoms with Crippen LogP contribution in [0.15, 0.2) is 4.52 Å². The minimum Gasteiger partial charge on any atom is -0.380 e. The van der Waals surface area contributed by atoms with Crippen molar-refractivity contribution in [2.24, 2.45) is 0 Å². The maximum absolute atomic E-state index is 12.7. The lowest BCUT2D eigenvalue weighted by Crippen LogP contribution is -2.54. The molecule has 1 aliphatic heterocycles. The third kappa shape index (κ3) is 3.38. The topological polar surface area (TPSA) is 66.6 Å². The van der Waals surface area contributed by atoms with E-state index in [1.54, 1.807) is 6.92 Å². The average Bonchev–Trinajstić information content (AvgIpc) is 2.75. The number of hydrogen-bond acceptors (Lipinski definition) is 4. The molecule has 1 aromatic rings. The molecule has 0 saturated carbocycles. The average molecular weight is 341 g/mol. The summed E-state index contributed by atoms with van der Waals surface area (Å²) >= 11 is 5.79. The second-order valence-corrected chi connectivity index (χ2v) is 5.77. The molecule has 1 amide bonds. The molecular weight excluding hydrogens is 325 g/mol. The molecule has 0 bridgehead atoms. The van der Waals surface area contributed by atoms with Gasteiger partial charge in [-0.05, 0) is 24.9 Å². The van der Waals surface area contributed by atoms with Crippen molar-refractivity contribution in [2.75, 3.05) is 13.1 Å². The van der Waals surface area contributed by atoms with E-state index >= 15 is 0 Å². The largest absolute Gasteiger partial charge is 0.417 e. The summed E-state index contributed by atoms with van der Waals surface area (Å²) < 4.78 is 42.8. The van der Waals surface area contributed by atoms with E-state index in [-0.39, 0.29) is 30.6 Å². The quantitative estimate of drug-likeness (QED) is 0.918. The van der Waals surface area contributed by atoms with Gasteiger partial charge in [0.05, 0.1) is 5.69 Å². The molecule has 0 atom stereocenters. The molecule has 1 fully saturated rings. The first-order valence-corrected chi connectivity index (χ1v) is 7.19. The van der Waals surface area contributed by atoms with Crippen molar-refractivity contribution in [3.05, 3.63) is 16.5 Å². The molecule has 0 radical (unpaired) electrons. The first-order valence-electron chi connectivity index (χ1n) is 6.81. The highest BCUT2D eigenvalue weighted by atomic mass is 35.5. The summed E-state index contributed by atoms with van der Waals surface area (Å²) in [5.74, 6) is -0.277. The molecule has 124 valence electrons. The lowest BCUT2D eigenvalue weighted by Gasteiger charge is -2.39. The number of halogens is 4. The van der Waals surface area contributed by atoms with Gasteiger partial charge < -0.3 is 14.5 Å². The van der Waals surface area contributed by atoms with Crippen molar-refractivity contribution in [3.63, 3.8) is 0 Å². The Labute approximate surface area is 130 Å². The van der Waals surface area contributed by atoms with Crippen molar-refractivity contribution in [1.29, 1.82) is 0 Å². The van der Waals surface area contributed by atoms with Crippen molar-refractivity contribution in [1.82, 2.24) is 10.1 Å². The van der Waals surface area contributed by atoms with Crippen LogP contribution >= 0.6 is 11.6 Å². The third-order valence-corrected chi connectivity index (χ3v) is 4.29. The second-order valence-electron chi connectivity index (χ2n) is 5.43. The van der Waals surface area contributed by atoms with Gasteiger partial charge >= 0.3 is 6.18 Å². The highest BCUT2D eigenvalue weighted by Gasteiger charge is 2.54. The number of aromatic nitrogens is 1. The Kier molecular flexibility index (Phi) is 4.72. The number of amides is 1. The molecule has 0 aromatic carbocycles. The van der Waals surface area contributed by atoms with Crippen molar-refractivity contribution >= 4 is 17.5 Å². The fourth-order valence-corrected chi connectivity index (χ4v) is 2.71. The monoisotopic (exact) mass is 340 g/mol. The Morgan fingerprint density at radius 2 is 2.05 bits per heavy atom. The molecule has 9 heteroatoms. The van der Waals surface area contributed by atoms with E-state index in [0.29, 0.717) is 17.7 Å². The molecule has 0 spiro atoms. The van der Waals surface area contributed by atoms with E-state index in [1.165, 1.54) is 4.90 Å². The van der Waals surface area contributed by atoms with Crippen molar-refractivity contribution < 1.29 is 27.6 Å². The molecule has 1 aliphatic rings. The SMILES string of the molecule is Cc1noc(Cl)c1CCC(=O)N1CCC(O)(C(F)(F)F)CC1. The zero-order valence-corrected chi connectivity index (χ0v) is 12.7. The molecule has 0 aliphatic carbocycles. The number of nitrogens with zero attached hydrogens (tertiary/aromatic N) is 2. The summed E-state index contributed by atoms with van der Waals surface area (Å²) in [4.78, 5) is 13.4. The zero-order valence-electron chi connectivity index (χ0n) is 11.9. The van der Waals surface area contributed by atoms with Gasteiger partial charge in [0.1, 0.15) is 0 Å². The molecule has 1 saturated heterocycles. The molecule has 1 aromatic heterocycles. The smallest absolute Gasteiger partial charge is 0.380 e. The maximum atomic E-state index is 12.7. The number of piperidine rings is 1. The van der Waals surface area contributed by atoms with Gasteiger partial charge in [0.2, 0.25) is 11.1 Å². The van der Waals surface area contributed by atoms with Crippen LogP contribution in [0.5, 0.6) is 0 Å². The van der Waals surface area contributed by atoms with E-state index in [1.807, 2.05) is 0 Å².